The third kappa shape index (κ3) is 4.51. The van der Waals surface area contributed by atoms with Crippen LogP contribution in [0.1, 0.15) is 20.3 Å². The molecule has 1 saturated heterocycles. The van der Waals surface area contributed by atoms with Crippen LogP contribution in [-0.2, 0) is 4.79 Å². The van der Waals surface area contributed by atoms with E-state index < -0.39 is 0 Å². The number of carbonyl (C=O) groups is 1. The van der Waals surface area contributed by atoms with E-state index in [0.29, 0.717) is 23.4 Å². The maximum Gasteiger partial charge on any atom is 0.279 e. The van der Waals surface area contributed by atoms with Gasteiger partial charge in [0.25, 0.3) is 5.91 Å². The Hall–Kier alpha value is -1.06. The molecule has 3 nitrogen and oxygen atoms in total. The second-order valence-electron chi connectivity index (χ2n) is 5.84. The fourth-order valence-electron chi connectivity index (χ4n) is 3.03. The molecule has 19 heavy (non-hydrogen) atoms. The molecule has 0 bridgehead atoms. The molecule has 2 N–H and O–H groups in total. The summed E-state index contributed by atoms with van der Waals surface area (Å²) in [7, 11) is 0. The third-order valence-electron chi connectivity index (χ3n) is 3.62. The monoisotopic (exact) mass is 281 g/mol. The molecule has 104 valence electrons. The van der Waals surface area contributed by atoms with E-state index in [-0.39, 0.29) is 5.91 Å². The quantitative estimate of drug-likeness (QED) is 0.871. The van der Waals surface area contributed by atoms with Crippen molar-refractivity contribution in [1.82, 2.24) is 0 Å². The number of nitrogens with one attached hydrogen (secondary N) is 2. The molecule has 2 atom stereocenters. The zero-order valence-electron chi connectivity index (χ0n) is 11.6. The Labute approximate surface area is 119 Å². The number of quaternary nitrogens is 1. The van der Waals surface area contributed by atoms with Gasteiger partial charge in [-0.1, -0.05) is 25.4 Å². The Kier molecular flexibility index (Phi) is 4.83. The van der Waals surface area contributed by atoms with Gasteiger partial charge in [-0.2, -0.15) is 0 Å². The lowest BCUT2D eigenvalue weighted by Crippen LogP contribution is -3.15. The first-order valence-corrected chi connectivity index (χ1v) is 7.29. The highest BCUT2D eigenvalue weighted by molar-refractivity contribution is 6.30. The van der Waals surface area contributed by atoms with Crippen LogP contribution in [0.25, 0.3) is 0 Å². The van der Waals surface area contributed by atoms with E-state index in [1.165, 1.54) is 11.3 Å². The van der Waals surface area contributed by atoms with Gasteiger partial charge in [0.05, 0.1) is 13.1 Å². The number of hydrogen-bond acceptors (Lipinski definition) is 1. The van der Waals surface area contributed by atoms with Crippen molar-refractivity contribution < 1.29 is 9.69 Å². The van der Waals surface area contributed by atoms with Crippen molar-refractivity contribution in [2.75, 3.05) is 25.0 Å². The molecule has 0 aromatic heterocycles. The molecule has 0 aliphatic carbocycles. The lowest BCUT2D eigenvalue weighted by Gasteiger charge is -2.31. The van der Waals surface area contributed by atoms with Crippen LogP contribution in [0.4, 0.5) is 5.69 Å². The molecule has 1 aromatic carbocycles. The first kappa shape index (κ1) is 14.4. The Bertz CT molecular complexity index is 422. The van der Waals surface area contributed by atoms with Crippen LogP contribution in [0.3, 0.4) is 0 Å². The van der Waals surface area contributed by atoms with Crippen LogP contribution in [0, 0.1) is 11.8 Å². The van der Waals surface area contributed by atoms with Gasteiger partial charge >= 0.3 is 0 Å². The molecule has 0 saturated carbocycles. The molecule has 0 radical (unpaired) electrons. The highest BCUT2D eigenvalue weighted by Crippen LogP contribution is 2.13. The summed E-state index contributed by atoms with van der Waals surface area (Å²) in [6, 6.07) is 7.23. The van der Waals surface area contributed by atoms with Gasteiger partial charge in [0.15, 0.2) is 6.54 Å². The number of amides is 1. The normalized spacial score (nSPS) is 27.0. The molecule has 0 unspecified atom stereocenters. The molecule has 4 heteroatoms. The summed E-state index contributed by atoms with van der Waals surface area (Å²) in [4.78, 5) is 13.4. The Balaban J connectivity index is 1.85. The minimum Gasteiger partial charge on any atom is -0.327 e. The average Bonchev–Trinajstić information content (AvgIpc) is 2.30. The number of halogens is 1. The summed E-state index contributed by atoms with van der Waals surface area (Å²) < 4.78 is 0. The molecule has 1 aliphatic heterocycles. The summed E-state index contributed by atoms with van der Waals surface area (Å²) in [5.74, 6) is 1.50. The van der Waals surface area contributed by atoms with Gasteiger partial charge in [-0.15, -0.1) is 0 Å². The van der Waals surface area contributed by atoms with Gasteiger partial charge in [-0.25, -0.2) is 0 Å². The molecule has 1 heterocycles. The predicted molar refractivity (Wildman–Crippen MR) is 78.6 cm³/mol. The Morgan fingerprint density at radius 1 is 1.26 bits per heavy atom. The fourth-order valence-corrected chi connectivity index (χ4v) is 3.16. The van der Waals surface area contributed by atoms with Gasteiger partial charge < -0.3 is 10.2 Å². The van der Waals surface area contributed by atoms with Crippen molar-refractivity contribution >= 4 is 23.2 Å². The number of hydrogen-bond donors (Lipinski definition) is 2. The van der Waals surface area contributed by atoms with Crippen LogP contribution in [0.5, 0.6) is 0 Å². The highest BCUT2D eigenvalue weighted by atomic mass is 35.5. The van der Waals surface area contributed by atoms with Crippen molar-refractivity contribution in [3.05, 3.63) is 29.3 Å². The van der Waals surface area contributed by atoms with Crippen molar-refractivity contribution in [3.8, 4) is 0 Å². The van der Waals surface area contributed by atoms with Gasteiger partial charge in [0.1, 0.15) is 0 Å². The lowest BCUT2D eigenvalue weighted by molar-refractivity contribution is -0.904. The molecule has 1 aromatic rings. The van der Waals surface area contributed by atoms with E-state index >= 15 is 0 Å². The minimum atomic E-state index is 0.0821. The molecular formula is C15H22ClN2O+. The maximum absolute atomic E-state index is 12.0. The molecule has 1 fully saturated rings. The number of rotatable bonds is 3. The summed E-state index contributed by atoms with van der Waals surface area (Å²) in [5, 5.41) is 3.61. The van der Waals surface area contributed by atoms with Crippen LogP contribution < -0.4 is 10.2 Å². The first-order chi connectivity index (χ1) is 9.02. The maximum atomic E-state index is 12.0. The van der Waals surface area contributed by atoms with E-state index in [1.807, 2.05) is 12.1 Å². The Morgan fingerprint density at radius 2 is 1.84 bits per heavy atom. The van der Waals surface area contributed by atoms with Crippen LogP contribution >= 0.6 is 11.6 Å². The average molecular weight is 282 g/mol. The standard InChI is InChI=1S/C15H21ClN2O/c1-11-7-12(2)9-18(8-11)10-15(19)17-14-5-3-13(16)4-6-14/h3-6,11-12H,7-10H2,1-2H3,(H,17,19)/p+1/t11-,12-/m0/s1. The number of carbonyl (C=O) groups excluding carboxylic acids is 1. The predicted octanol–water partition coefficient (Wildman–Crippen LogP) is 1.84. The largest absolute Gasteiger partial charge is 0.327 e. The first-order valence-electron chi connectivity index (χ1n) is 6.92. The van der Waals surface area contributed by atoms with E-state index in [2.05, 4.69) is 19.2 Å². The zero-order valence-corrected chi connectivity index (χ0v) is 12.3. The van der Waals surface area contributed by atoms with Gasteiger partial charge in [0.2, 0.25) is 0 Å². The van der Waals surface area contributed by atoms with Gasteiger partial charge in [-0.05, 0) is 30.7 Å². The summed E-state index contributed by atoms with van der Waals surface area (Å²) in [5.41, 5.74) is 0.812. The second kappa shape index (κ2) is 6.40. The number of likely N-dealkylation sites (tertiary alicyclic amines) is 1. The van der Waals surface area contributed by atoms with Crippen LogP contribution in [0.2, 0.25) is 5.02 Å². The van der Waals surface area contributed by atoms with E-state index in [4.69, 9.17) is 11.6 Å². The fraction of sp³-hybridized carbons (Fsp3) is 0.533. The van der Waals surface area contributed by atoms with E-state index in [9.17, 15) is 4.79 Å². The van der Waals surface area contributed by atoms with Crippen molar-refractivity contribution in [2.45, 2.75) is 20.3 Å². The highest BCUT2D eigenvalue weighted by Gasteiger charge is 2.26. The lowest BCUT2D eigenvalue weighted by atomic mass is 9.92. The van der Waals surface area contributed by atoms with E-state index in [1.54, 1.807) is 12.1 Å². The SMILES string of the molecule is C[C@H]1C[C@H](C)C[NH+](CC(=O)Nc2ccc(Cl)cc2)C1. The second-order valence-corrected chi connectivity index (χ2v) is 6.27. The number of benzene rings is 1. The van der Waals surface area contributed by atoms with E-state index in [0.717, 1.165) is 18.8 Å². The third-order valence-corrected chi connectivity index (χ3v) is 3.87. The van der Waals surface area contributed by atoms with Crippen LogP contribution in [0.15, 0.2) is 24.3 Å². The summed E-state index contributed by atoms with van der Waals surface area (Å²) in [6.45, 7) is 7.29. The summed E-state index contributed by atoms with van der Waals surface area (Å²) >= 11 is 5.82. The molecule has 2 rings (SSSR count). The van der Waals surface area contributed by atoms with Crippen LogP contribution in [-0.4, -0.2) is 25.5 Å². The molecule has 1 aliphatic rings. The number of piperidine rings is 1. The topological polar surface area (TPSA) is 33.5 Å². The van der Waals surface area contributed by atoms with Gasteiger partial charge in [0, 0.05) is 22.5 Å². The molecule has 0 spiro atoms. The zero-order chi connectivity index (χ0) is 13.8. The number of anilines is 1. The smallest absolute Gasteiger partial charge is 0.279 e. The van der Waals surface area contributed by atoms with Crippen molar-refractivity contribution in [1.29, 1.82) is 0 Å². The summed E-state index contributed by atoms with van der Waals surface area (Å²) in [6.07, 6.45) is 1.28. The van der Waals surface area contributed by atoms with Gasteiger partial charge in [-0.3, -0.25) is 4.79 Å². The molecule has 1 amide bonds. The van der Waals surface area contributed by atoms with Crippen molar-refractivity contribution in [2.24, 2.45) is 11.8 Å². The van der Waals surface area contributed by atoms with Crippen molar-refractivity contribution in [3.63, 3.8) is 0 Å². The Morgan fingerprint density at radius 3 is 2.42 bits per heavy atom. The minimum absolute atomic E-state index is 0.0821. The molecular weight excluding hydrogens is 260 g/mol.